The Hall–Kier alpha value is -2.66. The average molecular weight is 372 g/mol. The molecule has 2 aliphatic rings. The molecule has 4 rings (SSSR count). The quantitative estimate of drug-likeness (QED) is 0.834. The Kier molecular flexibility index (Phi) is 4.71. The topological polar surface area (TPSA) is 56.8 Å². The maximum atomic E-state index is 12.3. The minimum Gasteiger partial charge on any atom is -0.493 e. The van der Waals surface area contributed by atoms with E-state index in [1.54, 1.807) is 12.1 Å². The molecular formula is C20H18ClNO4. The Labute approximate surface area is 156 Å². The van der Waals surface area contributed by atoms with Gasteiger partial charge >= 0.3 is 0 Å². The van der Waals surface area contributed by atoms with Gasteiger partial charge in [0.15, 0.2) is 11.5 Å². The van der Waals surface area contributed by atoms with Crippen LogP contribution in [0.5, 0.6) is 17.2 Å². The lowest BCUT2D eigenvalue weighted by atomic mass is 10.0. The van der Waals surface area contributed by atoms with Crippen molar-refractivity contribution in [1.82, 2.24) is 5.32 Å². The van der Waals surface area contributed by atoms with E-state index in [0.717, 1.165) is 23.3 Å². The number of hydrogen-bond acceptors (Lipinski definition) is 4. The van der Waals surface area contributed by atoms with Crippen molar-refractivity contribution in [2.24, 2.45) is 0 Å². The van der Waals surface area contributed by atoms with E-state index in [-0.39, 0.29) is 11.9 Å². The second-order valence-corrected chi connectivity index (χ2v) is 6.50. The number of para-hydroxylation sites is 1. The molecule has 1 N–H and O–H groups in total. The number of fused-ring (bicyclic) bond motifs is 2. The minimum absolute atomic E-state index is 0.0547. The highest BCUT2D eigenvalue weighted by atomic mass is 35.5. The summed E-state index contributed by atoms with van der Waals surface area (Å²) in [6, 6.07) is 11.3. The normalized spacial score (nSPS) is 18.1. The third-order valence-corrected chi connectivity index (χ3v) is 4.60. The Bertz CT molecular complexity index is 865. The fourth-order valence-corrected chi connectivity index (χ4v) is 3.38. The minimum atomic E-state index is -0.169. The van der Waals surface area contributed by atoms with Crippen LogP contribution in [0.4, 0.5) is 0 Å². The highest BCUT2D eigenvalue weighted by molar-refractivity contribution is 6.32. The molecule has 0 bridgehead atoms. The van der Waals surface area contributed by atoms with Crippen LogP contribution in [0.15, 0.2) is 42.5 Å². The molecule has 0 unspecified atom stereocenters. The number of rotatable bonds is 3. The summed E-state index contributed by atoms with van der Waals surface area (Å²) in [5.74, 6) is 1.81. The molecule has 5 nitrogen and oxygen atoms in total. The molecule has 6 heteroatoms. The lowest BCUT2D eigenvalue weighted by molar-refractivity contribution is -0.117. The molecule has 0 spiro atoms. The SMILES string of the molecule is O=C(/C=C/c1cc(Cl)c2c(c1)OCCO2)N[C@H]1CCOc2ccccc21. The lowest BCUT2D eigenvalue weighted by Crippen LogP contribution is -2.30. The second-order valence-electron chi connectivity index (χ2n) is 6.10. The van der Waals surface area contributed by atoms with Gasteiger partial charge in [0, 0.05) is 18.1 Å². The van der Waals surface area contributed by atoms with Crippen LogP contribution in [-0.4, -0.2) is 25.7 Å². The van der Waals surface area contributed by atoms with Crippen molar-refractivity contribution in [2.45, 2.75) is 12.5 Å². The molecule has 0 fully saturated rings. The van der Waals surface area contributed by atoms with Crippen molar-refractivity contribution in [1.29, 1.82) is 0 Å². The first kappa shape index (κ1) is 16.8. The van der Waals surface area contributed by atoms with E-state index in [4.69, 9.17) is 25.8 Å². The molecule has 0 saturated heterocycles. The monoisotopic (exact) mass is 371 g/mol. The zero-order valence-electron chi connectivity index (χ0n) is 14.0. The van der Waals surface area contributed by atoms with Gasteiger partial charge in [0.25, 0.3) is 0 Å². The number of amides is 1. The van der Waals surface area contributed by atoms with Crippen LogP contribution >= 0.6 is 11.6 Å². The van der Waals surface area contributed by atoms with Gasteiger partial charge in [-0.3, -0.25) is 4.79 Å². The number of nitrogens with one attached hydrogen (secondary N) is 1. The fraction of sp³-hybridized carbons (Fsp3) is 0.250. The summed E-state index contributed by atoms with van der Waals surface area (Å²) < 4.78 is 16.7. The summed E-state index contributed by atoms with van der Waals surface area (Å²) in [6.45, 7) is 1.56. The molecule has 0 radical (unpaired) electrons. The van der Waals surface area contributed by atoms with E-state index >= 15 is 0 Å². The van der Waals surface area contributed by atoms with Crippen LogP contribution in [0.2, 0.25) is 5.02 Å². The van der Waals surface area contributed by atoms with Crippen molar-refractivity contribution in [3.8, 4) is 17.2 Å². The van der Waals surface area contributed by atoms with Gasteiger partial charge in [0.05, 0.1) is 17.7 Å². The van der Waals surface area contributed by atoms with Gasteiger partial charge in [-0.1, -0.05) is 29.8 Å². The molecule has 2 aromatic carbocycles. The lowest BCUT2D eigenvalue weighted by Gasteiger charge is -2.26. The molecule has 2 heterocycles. The van der Waals surface area contributed by atoms with Gasteiger partial charge in [-0.25, -0.2) is 0 Å². The first-order valence-corrected chi connectivity index (χ1v) is 8.88. The summed E-state index contributed by atoms with van der Waals surface area (Å²) in [5.41, 5.74) is 1.78. The number of carbonyl (C=O) groups excluding carboxylic acids is 1. The van der Waals surface area contributed by atoms with Crippen LogP contribution < -0.4 is 19.5 Å². The van der Waals surface area contributed by atoms with Gasteiger partial charge in [-0.2, -0.15) is 0 Å². The number of hydrogen-bond donors (Lipinski definition) is 1. The first-order valence-electron chi connectivity index (χ1n) is 8.50. The van der Waals surface area contributed by atoms with Crippen molar-refractivity contribution in [3.63, 3.8) is 0 Å². The van der Waals surface area contributed by atoms with E-state index in [1.807, 2.05) is 30.3 Å². The van der Waals surface area contributed by atoms with Gasteiger partial charge in [0.2, 0.25) is 5.91 Å². The first-order chi connectivity index (χ1) is 12.7. The summed E-state index contributed by atoms with van der Waals surface area (Å²) in [4.78, 5) is 12.3. The summed E-state index contributed by atoms with van der Waals surface area (Å²) in [7, 11) is 0. The van der Waals surface area contributed by atoms with Gasteiger partial charge in [-0.05, 0) is 29.8 Å². The third-order valence-electron chi connectivity index (χ3n) is 4.32. The standard InChI is InChI=1S/C20H18ClNO4/c21-15-11-13(12-18-20(15)26-10-9-25-18)5-6-19(23)22-16-7-8-24-17-4-2-1-3-14(16)17/h1-6,11-12,16H,7-10H2,(H,22,23)/b6-5+/t16-/m0/s1. The predicted octanol–water partition coefficient (Wildman–Crippen LogP) is 3.76. The van der Waals surface area contributed by atoms with Gasteiger partial charge in [0.1, 0.15) is 19.0 Å². The number of carbonyl (C=O) groups is 1. The van der Waals surface area contributed by atoms with Crippen molar-refractivity contribution < 1.29 is 19.0 Å². The maximum absolute atomic E-state index is 12.3. The Morgan fingerprint density at radius 3 is 2.81 bits per heavy atom. The van der Waals surface area contributed by atoms with Crippen LogP contribution in [0.1, 0.15) is 23.6 Å². The van der Waals surface area contributed by atoms with E-state index < -0.39 is 0 Å². The zero-order chi connectivity index (χ0) is 17.9. The number of ether oxygens (including phenoxy) is 3. The number of benzene rings is 2. The molecule has 2 aliphatic heterocycles. The van der Waals surface area contributed by atoms with Crippen molar-refractivity contribution >= 4 is 23.6 Å². The Morgan fingerprint density at radius 2 is 1.88 bits per heavy atom. The highest BCUT2D eigenvalue weighted by Gasteiger charge is 2.22. The van der Waals surface area contributed by atoms with E-state index in [2.05, 4.69) is 5.32 Å². The van der Waals surface area contributed by atoms with Crippen molar-refractivity contribution in [2.75, 3.05) is 19.8 Å². The summed E-state index contributed by atoms with van der Waals surface area (Å²) in [6.07, 6.45) is 3.96. The van der Waals surface area contributed by atoms with E-state index in [1.165, 1.54) is 6.08 Å². The van der Waals surface area contributed by atoms with Gasteiger partial charge in [-0.15, -0.1) is 0 Å². The fourth-order valence-electron chi connectivity index (χ4n) is 3.11. The van der Waals surface area contributed by atoms with Gasteiger partial charge < -0.3 is 19.5 Å². The Morgan fingerprint density at radius 1 is 1.08 bits per heavy atom. The second kappa shape index (κ2) is 7.30. The van der Waals surface area contributed by atoms with Crippen LogP contribution in [-0.2, 0) is 4.79 Å². The molecule has 2 aromatic rings. The van der Waals surface area contributed by atoms with E-state index in [0.29, 0.717) is 36.3 Å². The maximum Gasteiger partial charge on any atom is 0.244 e. The molecule has 1 atom stereocenters. The van der Waals surface area contributed by atoms with E-state index in [9.17, 15) is 4.79 Å². The largest absolute Gasteiger partial charge is 0.493 e. The molecule has 134 valence electrons. The molecule has 0 aliphatic carbocycles. The smallest absolute Gasteiger partial charge is 0.244 e. The Balaban J connectivity index is 1.47. The van der Waals surface area contributed by atoms with Crippen molar-refractivity contribution in [3.05, 3.63) is 58.6 Å². The summed E-state index contributed by atoms with van der Waals surface area (Å²) in [5, 5.41) is 3.50. The molecular weight excluding hydrogens is 354 g/mol. The summed E-state index contributed by atoms with van der Waals surface area (Å²) >= 11 is 6.22. The molecule has 26 heavy (non-hydrogen) atoms. The predicted molar refractivity (Wildman–Crippen MR) is 98.9 cm³/mol. The molecule has 0 aromatic heterocycles. The third kappa shape index (κ3) is 3.48. The number of halogens is 1. The van der Waals surface area contributed by atoms with Crippen LogP contribution in [0, 0.1) is 0 Å². The van der Waals surface area contributed by atoms with Crippen LogP contribution in [0.25, 0.3) is 6.08 Å². The average Bonchev–Trinajstić information content (AvgIpc) is 2.67. The zero-order valence-corrected chi connectivity index (χ0v) is 14.8. The molecule has 0 saturated carbocycles. The highest BCUT2D eigenvalue weighted by Crippen LogP contribution is 2.38. The molecule has 1 amide bonds. The van der Waals surface area contributed by atoms with Crippen LogP contribution in [0.3, 0.4) is 0 Å².